The van der Waals surface area contributed by atoms with E-state index in [1.807, 2.05) is 0 Å². The smallest absolute Gasteiger partial charge is 0.255 e. The molecule has 0 radical (unpaired) electrons. The highest BCUT2D eigenvalue weighted by molar-refractivity contribution is 6.05. The number of hydrogen-bond acceptors (Lipinski definition) is 6. The molecular weight excluding hydrogens is 438 g/mol. The summed E-state index contributed by atoms with van der Waals surface area (Å²) < 4.78 is 53.3. The Labute approximate surface area is 203 Å². The van der Waals surface area contributed by atoms with E-state index in [4.69, 9.17) is 16.3 Å². The first-order valence-corrected chi connectivity index (χ1v) is 10.9. The lowest BCUT2D eigenvalue weighted by atomic mass is 10.0. The van der Waals surface area contributed by atoms with Gasteiger partial charge in [0, 0.05) is 30.6 Å². The van der Waals surface area contributed by atoms with Gasteiger partial charge in [0.2, 0.25) is 17.7 Å². The van der Waals surface area contributed by atoms with Gasteiger partial charge in [0.15, 0.2) is 0 Å². The first kappa shape index (κ1) is 16.8. The average molecular weight is 469 g/mol. The highest BCUT2D eigenvalue weighted by Crippen LogP contribution is 2.34. The Kier molecular flexibility index (Phi) is 4.58. The van der Waals surface area contributed by atoms with Crippen molar-refractivity contribution in [2.75, 3.05) is 19.8 Å². The van der Waals surface area contributed by atoms with Crippen LogP contribution in [0.25, 0.3) is 0 Å². The number of nitrogens with one attached hydrogen (secondary N) is 1. The van der Waals surface area contributed by atoms with Gasteiger partial charge in [-0.1, -0.05) is 30.3 Å². The summed E-state index contributed by atoms with van der Waals surface area (Å²) in [6, 6.07) is 3.63. The molecule has 1 unspecified atom stereocenters. The number of ether oxygens (including phenoxy) is 2. The predicted molar refractivity (Wildman–Crippen MR) is 119 cm³/mol. The maximum absolute atomic E-state index is 13.1. The largest absolute Gasteiger partial charge is 0.489 e. The average Bonchev–Trinajstić information content (AvgIpc) is 3.20. The van der Waals surface area contributed by atoms with E-state index in [0.29, 0.717) is 18.7 Å². The number of piperidine rings is 1. The molecule has 0 aliphatic carbocycles. The lowest BCUT2D eigenvalue weighted by molar-refractivity contribution is -0.143. The quantitative estimate of drug-likeness (QED) is 0.643. The van der Waals surface area contributed by atoms with Crippen LogP contribution in [0.3, 0.4) is 0 Å². The molecule has 3 aliphatic rings. The summed E-state index contributed by atoms with van der Waals surface area (Å²) in [7, 11) is 0. The van der Waals surface area contributed by atoms with Gasteiger partial charge in [0.1, 0.15) is 25.0 Å². The second-order valence-corrected chi connectivity index (χ2v) is 8.19. The Bertz CT molecular complexity index is 1400. The van der Waals surface area contributed by atoms with Crippen LogP contribution in [0.1, 0.15) is 46.7 Å². The highest BCUT2D eigenvalue weighted by atomic mass is 16.5. The molecule has 1 atom stereocenters. The first-order valence-electron chi connectivity index (χ1n) is 13.4. The number of nitrogens with zero attached hydrogens (tertiary/aromatic N) is 2. The van der Waals surface area contributed by atoms with Gasteiger partial charge in [-0.15, -0.1) is 0 Å². The summed E-state index contributed by atoms with van der Waals surface area (Å²) in [6.45, 7) is -2.23. The van der Waals surface area contributed by atoms with Crippen molar-refractivity contribution in [2.45, 2.75) is 38.5 Å². The van der Waals surface area contributed by atoms with Gasteiger partial charge in [-0.2, -0.15) is 0 Å². The standard InChI is InChI=1S/C25H25N3O6/c29-22-9-8-20(24(31)26-22)28-13-19-18(25(28)32)2-1-3-21(19)34-14-17-6-4-16(5-7-17)12-27-10-11-33-15-23(27)30/h1-7,20H,8-15H2,(H,26,29,31)/i4D,6D,7D,14D2. The fourth-order valence-corrected chi connectivity index (χ4v) is 4.20. The molecule has 34 heavy (non-hydrogen) atoms. The van der Waals surface area contributed by atoms with E-state index >= 15 is 0 Å². The fraction of sp³-hybridized carbons (Fsp3) is 0.360. The van der Waals surface area contributed by atoms with Crippen LogP contribution in [0.2, 0.25) is 0 Å². The van der Waals surface area contributed by atoms with Crippen molar-refractivity contribution in [1.29, 1.82) is 0 Å². The highest BCUT2D eigenvalue weighted by Gasteiger charge is 2.40. The van der Waals surface area contributed by atoms with Crippen molar-refractivity contribution >= 4 is 23.6 Å². The third-order valence-electron chi connectivity index (χ3n) is 5.99. The van der Waals surface area contributed by atoms with E-state index in [1.165, 1.54) is 34.1 Å². The minimum absolute atomic E-state index is 0.00559. The van der Waals surface area contributed by atoms with Crippen molar-refractivity contribution in [3.8, 4) is 5.75 Å². The second-order valence-electron chi connectivity index (χ2n) is 8.19. The first-order chi connectivity index (χ1) is 18.5. The number of morpholine rings is 1. The number of carbonyl (C=O) groups excluding carboxylic acids is 4. The summed E-state index contributed by atoms with van der Waals surface area (Å²) in [5.41, 5.74) is 0.318. The van der Waals surface area contributed by atoms with Crippen LogP contribution in [-0.2, 0) is 38.8 Å². The SMILES string of the molecule is [2H]c1cc(CN2CCOCC2=O)c([2H])c([2H])c1C([2H])([2H])Oc1cccc2c1CN(C1CCC(=O)NC1=O)C2=O. The normalized spacial score (nSPS) is 22.9. The van der Waals surface area contributed by atoms with Gasteiger partial charge in [0.05, 0.1) is 20.0 Å². The Morgan fingerprint density at radius 2 is 2.00 bits per heavy atom. The molecule has 3 heterocycles. The molecule has 2 saturated heterocycles. The minimum atomic E-state index is -2.72. The minimum Gasteiger partial charge on any atom is -0.489 e. The Balaban J connectivity index is 1.41. The van der Waals surface area contributed by atoms with Crippen molar-refractivity contribution in [1.82, 2.24) is 15.1 Å². The molecular formula is C25H25N3O6. The lowest BCUT2D eigenvalue weighted by Crippen LogP contribution is -2.52. The summed E-state index contributed by atoms with van der Waals surface area (Å²) >= 11 is 0. The molecule has 0 bridgehead atoms. The second kappa shape index (κ2) is 9.26. The number of amides is 4. The van der Waals surface area contributed by atoms with Gasteiger partial charge >= 0.3 is 0 Å². The van der Waals surface area contributed by atoms with E-state index in [1.54, 1.807) is 0 Å². The molecule has 4 amide bonds. The van der Waals surface area contributed by atoms with Crippen LogP contribution in [0.5, 0.6) is 5.75 Å². The molecule has 5 rings (SSSR count). The predicted octanol–water partition coefficient (Wildman–Crippen LogP) is 1.39. The summed E-state index contributed by atoms with van der Waals surface area (Å²) in [5, 5.41) is 2.23. The number of fused-ring (bicyclic) bond motifs is 1. The maximum Gasteiger partial charge on any atom is 0.255 e. The van der Waals surface area contributed by atoms with Crippen molar-refractivity contribution < 1.29 is 35.5 Å². The van der Waals surface area contributed by atoms with Crippen LogP contribution in [0, 0.1) is 0 Å². The lowest BCUT2D eigenvalue weighted by Gasteiger charge is -2.29. The van der Waals surface area contributed by atoms with Crippen molar-refractivity contribution in [2.24, 2.45) is 0 Å². The zero-order valence-corrected chi connectivity index (χ0v) is 18.2. The molecule has 9 heteroatoms. The van der Waals surface area contributed by atoms with Crippen LogP contribution in [-0.4, -0.2) is 59.2 Å². The number of benzene rings is 2. The van der Waals surface area contributed by atoms with E-state index in [-0.39, 0.29) is 67.4 Å². The molecule has 3 aliphatic heterocycles. The molecule has 9 nitrogen and oxygen atoms in total. The molecule has 0 spiro atoms. The van der Waals surface area contributed by atoms with E-state index in [2.05, 4.69) is 5.32 Å². The van der Waals surface area contributed by atoms with Crippen molar-refractivity contribution in [3.63, 3.8) is 0 Å². The molecule has 2 fully saturated rings. The van der Waals surface area contributed by atoms with Crippen LogP contribution in [0.4, 0.5) is 0 Å². The van der Waals surface area contributed by atoms with Crippen molar-refractivity contribution in [3.05, 3.63) is 64.6 Å². The van der Waals surface area contributed by atoms with Gasteiger partial charge in [0.25, 0.3) is 5.91 Å². The number of carbonyl (C=O) groups is 4. The van der Waals surface area contributed by atoms with Gasteiger partial charge in [-0.25, -0.2) is 0 Å². The maximum atomic E-state index is 13.1. The zero-order chi connectivity index (χ0) is 28.1. The zero-order valence-electron chi connectivity index (χ0n) is 23.2. The summed E-state index contributed by atoms with van der Waals surface area (Å²) in [4.78, 5) is 51.8. The van der Waals surface area contributed by atoms with Gasteiger partial charge in [-0.05, 0) is 29.7 Å². The Morgan fingerprint density at radius 1 is 1.15 bits per heavy atom. The monoisotopic (exact) mass is 468 g/mol. The van der Waals surface area contributed by atoms with Crippen LogP contribution in [0.15, 0.2) is 42.4 Å². The molecule has 2 aromatic carbocycles. The summed E-state index contributed by atoms with van der Waals surface area (Å²) in [6.07, 6.45) is 0.257. The third-order valence-corrected chi connectivity index (χ3v) is 5.99. The van der Waals surface area contributed by atoms with E-state index < -0.39 is 41.9 Å². The Hall–Kier alpha value is -3.72. The van der Waals surface area contributed by atoms with Gasteiger partial charge < -0.3 is 19.3 Å². The summed E-state index contributed by atoms with van der Waals surface area (Å²) in [5.74, 6) is -1.73. The number of hydrogen-bond donors (Lipinski definition) is 1. The molecule has 1 N–H and O–H groups in total. The fourth-order valence-electron chi connectivity index (χ4n) is 4.20. The van der Waals surface area contributed by atoms with E-state index in [0.717, 1.165) is 0 Å². The molecule has 2 aromatic rings. The third kappa shape index (κ3) is 4.38. The van der Waals surface area contributed by atoms with E-state index in [9.17, 15) is 19.2 Å². The number of rotatable bonds is 6. The van der Waals surface area contributed by atoms with Crippen LogP contribution < -0.4 is 10.1 Å². The van der Waals surface area contributed by atoms with Gasteiger partial charge in [-0.3, -0.25) is 24.5 Å². The van der Waals surface area contributed by atoms with Crippen LogP contribution >= 0.6 is 0 Å². The molecule has 0 saturated carbocycles. The number of imide groups is 1. The topological polar surface area (TPSA) is 105 Å². The molecule has 0 aromatic heterocycles. The molecule has 176 valence electrons. The Morgan fingerprint density at radius 3 is 2.82 bits per heavy atom.